The van der Waals surface area contributed by atoms with E-state index in [2.05, 4.69) is 59.1 Å². The SMILES string of the molecule is C=CC(CC(C)C)C1(CC)C(C)C2CCCN(CCC(CCC)C3(C(C)F)CC(C)C3)C21. The van der Waals surface area contributed by atoms with Crippen LogP contribution < -0.4 is 0 Å². The van der Waals surface area contributed by atoms with Crippen LogP contribution in [0.25, 0.3) is 0 Å². The maximum Gasteiger partial charge on any atom is 0.103 e. The quantitative estimate of drug-likeness (QED) is 0.271. The molecule has 3 fully saturated rings. The van der Waals surface area contributed by atoms with Gasteiger partial charge in [0, 0.05) is 11.5 Å². The van der Waals surface area contributed by atoms with Crippen molar-refractivity contribution in [1.82, 2.24) is 4.90 Å². The van der Waals surface area contributed by atoms with Crippen LogP contribution in [0.4, 0.5) is 4.39 Å². The molecule has 0 amide bonds. The Bertz CT molecular complexity index is 606. The van der Waals surface area contributed by atoms with Crippen LogP contribution in [0, 0.1) is 46.3 Å². The van der Waals surface area contributed by atoms with Crippen LogP contribution in [0.2, 0.25) is 0 Å². The fraction of sp³-hybridized carbons (Fsp3) is 0.933. The highest BCUT2D eigenvalue weighted by Crippen LogP contribution is 2.64. The van der Waals surface area contributed by atoms with Gasteiger partial charge in [0.2, 0.25) is 0 Å². The van der Waals surface area contributed by atoms with E-state index < -0.39 is 6.17 Å². The van der Waals surface area contributed by atoms with Crippen molar-refractivity contribution in [2.45, 2.75) is 118 Å². The Labute approximate surface area is 200 Å². The number of hydrogen-bond donors (Lipinski definition) is 0. The summed E-state index contributed by atoms with van der Waals surface area (Å²) in [7, 11) is 0. The fourth-order valence-corrected chi connectivity index (χ4v) is 9.16. The van der Waals surface area contributed by atoms with E-state index in [1.807, 2.05) is 6.92 Å². The van der Waals surface area contributed by atoms with Crippen LogP contribution in [0.3, 0.4) is 0 Å². The van der Waals surface area contributed by atoms with Crippen molar-refractivity contribution >= 4 is 0 Å². The largest absolute Gasteiger partial charge is 0.300 e. The lowest BCUT2D eigenvalue weighted by atomic mass is 9.42. The van der Waals surface area contributed by atoms with Crippen molar-refractivity contribution in [3.63, 3.8) is 0 Å². The number of alkyl halides is 1. The van der Waals surface area contributed by atoms with E-state index in [4.69, 9.17) is 0 Å². The van der Waals surface area contributed by atoms with Crippen LogP contribution in [-0.4, -0.2) is 30.2 Å². The van der Waals surface area contributed by atoms with Crippen LogP contribution in [0.5, 0.6) is 0 Å². The average molecular weight is 448 g/mol. The molecule has 186 valence electrons. The number of fused-ring (bicyclic) bond motifs is 1. The van der Waals surface area contributed by atoms with Gasteiger partial charge < -0.3 is 0 Å². The van der Waals surface area contributed by atoms with Gasteiger partial charge in [0.15, 0.2) is 0 Å². The Kier molecular flexibility index (Phi) is 8.60. The van der Waals surface area contributed by atoms with E-state index in [9.17, 15) is 4.39 Å². The summed E-state index contributed by atoms with van der Waals surface area (Å²) >= 11 is 0. The standard InChI is InChI=1S/C30H54FN/c1-9-13-26(29(24(8)31)19-22(6)20-29)15-17-32-16-12-14-27-23(7)30(11-3,28(27)32)25(10-2)18-21(4)5/h10,21-28H,2,9,11-20H2,1,3-8H3. The summed E-state index contributed by atoms with van der Waals surface area (Å²) in [5, 5.41) is 0. The lowest BCUT2D eigenvalue weighted by Gasteiger charge is -2.69. The second-order valence-electron chi connectivity index (χ2n) is 12.7. The lowest BCUT2D eigenvalue weighted by molar-refractivity contribution is -0.189. The number of piperidine rings is 1. The van der Waals surface area contributed by atoms with E-state index in [0.717, 1.165) is 24.7 Å². The molecule has 7 unspecified atom stereocenters. The van der Waals surface area contributed by atoms with Gasteiger partial charge in [0.1, 0.15) is 6.17 Å². The topological polar surface area (TPSA) is 3.24 Å². The molecule has 3 rings (SSSR count). The van der Waals surface area contributed by atoms with Gasteiger partial charge in [-0.15, -0.1) is 6.58 Å². The second kappa shape index (κ2) is 10.5. The van der Waals surface area contributed by atoms with Crippen molar-refractivity contribution in [2.75, 3.05) is 13.1 Å². The van der Waals surface area contributed by atoms with Crippen LogP contribution in [-0.2, 0) is 0 Å². The number of hydrogen-bond acceptors (Lipinski definition) is 1. The molecular formula is C30H54FN. The van der Waals surface area contributed by atoms with Gasteiger partial charge in [-0.3, -0.25) is 4.90 Å². The van der Waals surface area contributed by atoms with Crippen LogP contribution in [0.15, 0.2) is 12.7 Å². The summed E-state index contributed by atoms with van der Waals surface area (Å²) in [6.07, 6.45) is 12.7. The maximum absolute atomic E-state index is 14.9. The summed E-state index contributed by atoms with van der Waals surface area (Å²) in [4.78, 5) is 2.88. The first kappa shape index (κ1) is 26.2. The summed E-state index contributed by atoms with van der Waals surface area (Å²) in [5.74, 6) is 4.21. The molecule has 0 aromatic rings. The summed E-state index contributed by atoms with van der Waals surface area (Å²) in [6, 6.07) is 0.708. The van der Waals surface area contributed by atoms with E-state index in [1.165, 1.54) is 58.0 Å². The van der Waals surface area contributed by atoms with Crippen LogP contribution in [0.1, 0.15) is 106 Å². The molecule has 1 aliphatic heterocycles. The number of likely N-dealkylation sites (tertiary alicyclic amines) is 1. The Balaban J connectivity index is 1.78. The monoisotopic (exact) mass is 447 g/mol. The van der Waals surface area contributed by atoms with Crippen molar-refractivity contribution < 1.29 is 4.39 Å². The van der Waals surface area contributed by atoms with E-state index in [-0.39, 0.29) is 5.41 Å². The van der Waals surface area contributed by atoms with Crippen molar-refractivity contribution in [3.8, 4) is 0 Å². The molecule has 3 aliphatic rings. The molecular weight excluding hydrogens is 393 g/mol. The first-order valence-corrected chi connectivity index (χ1v) is 14.2. The minimum atomic E-state index is -0.668. The minimum Gasteiger partial charge on any atom is -0.300 e. The van der Waals surface area contributed by atoms with Gasteiger partial charge in [-0.1, -0.05) is 60.5 Å². The minimum absolute atomic E-state index is 0.0410. The molecule has 1 saturated heterocycles. The normalized spacial score (nSPS) is 40.2. The van der Waals surface area contributed by atoms with Gasteiger partial charge in [0.25, 0.3) is 0 Å². The summed E-state index contributed by atoms with van der Waals surface area (Å²) in [5.41, 5.74) is 0.341. The Hall–Kier alpha value is -0.370. The van der Waals surface area contributed by atoms with Crippen molar-refractivity contribution in [1.29, 1.82) is 0 Å². The summed E-state index contributed by atoms with van der Waals surface area (Å²) in [6.45, 7) is 22.9. The van der Waals surface area contributed by atoms with Crippen molar-refractivity contribution in [2.24, 2.45) is 46.3 Å². The molecule has 7 atom stereocenters. The van der Waals surface area contributed by atoms with E-state index >= 15 is 0 Å². The third kappa shape index (κ3) is 4.36. The molecule has 2 aliphatic carbocycles. The zero-order valence-electron chi connectivity index (χ0n) is 22.5. The van der Waals surface area contributed by atoms with Crippen LogP contribution >= 0.6 is 0 Å². The molecule has 1 nitrogen and oxygen atoms in total. The molecule has 0 spiro atoms. The molecule has 2 heteroatoms. The van der Waals surface area contributed by atoms with Gasteiger partial charge in [-0.25, -0.2) is 4.39 Å². The fourth-order valence-electron chi connectivity index (χ4n) is 9.16. The summed E-state index contributed by atoms with van der Waals surface area (Å²) < 4.78 is 14.9. The Morgan fingerprint density at radius 1 is 1.12 bits per heavy atom. The molecule has 0 radical (unpaired) electrons. The van der Waals surface area contributed by atoms with Gasteiger partial charge in [-0.05, 0) is 106 Å². The van der Waals surface area contributed by atoms with Crippen molar-refractivity contribution in [3.05, 3.63) is 12.7 Å². The molecule has 32 heavy (non-hydrogen) atoms. The van der Waals surface area contributed by atoms with Gasteiger partial charge in [0.05, 0.1) is 0 Å². The highest BCUT2D eigenvalue weighted by Gasteiger charge is 2.63. The third-order valence-corrected chi connectivity index (χ3v) is 10.6. The molecule has 0 bridgehead atoms. The number of nitrogens with zero attached hydrogens (tertiary/aromatic N) is 1. The Morgan fingerprint density at radius 3 is 2.31 bits per heavy atom. The predicted octanol–water partition coefficient (Wildman–Crippen LogP) is 8.54. The number of halogens is 1. The van der Waals surface area contributed by atoms with Gasteiger partial charge >= 0.3 is 0 Å². The molecule has 0 N–H and O–H groups in total. The number of allylic oxidation sites excluding steroid dienone is 1. The zero-order valence-corrected chi connectivity index (χ0v) is 22.5. The molecule has 0 aromatic carbocycles. The average Bonchev–Trinajstić information content (AvgIpc) is 2.73. The highest BCUT2D eigenvalue weighted by molar-refractivity contribution is 5.17. The molecule has 1 heterocycles. The van der Waals surface area contributed by atoms with Gasteiger partial charge in [-0.2, -0.15) is 0 Å². The smallest absolute Gasteiger partial charge is 0.103 e. The first-order valence-electron chi connectivity index (χ1n) is 14.2. The highest BCUT2D eigenvalue weighted by atomic mass is 19.1. The van der Waals surface area contributed by atoms with E-state index in [0.29, 0.717) is 35.1 Å². The van der Waals surface area contributed by atoms with E-state index in [1.54, 1.807) is 0 Å². The maximum atomic E-state index is 14.9. The molecule has 0 aromatic heterocycles. The predicted molar refractivity (Wildman–Crippen MR) is 138 cm³/mol. The first-order chi connectivity index (χ1) is 15.2. The lowest BCUT2D eigenvalue weighted by Crippen LogP contribution is -2.71. The number of rotatable bonds is 12. The molecule has 2 saturated carbocycles. The third-order valence-electron chi connectivity index (χ3n) is 10.6. The second-order valence-corrected chi connectivity index (χ2v) is 12.7. The zero-order chi connectivity index (χ0) is 23.7. The Morgan fingerprint density at radius 2 is 1.81 bits per heavy atom.